The van der Waals surface area contributed by atoms with E-state index in [4.69, 9.17) is 0 Å². The van der Waals surface area contributed by atoms with Crippen LogP contribution in [-0.4, -0.2) is 42.1 Å². The molecule has 1 saturated heterocycles. The van der Waals surface area contributed by atoms with Gasteiger partial charge in [0.05, 0.1) is 4.47 Å². The van der Waals surface area contributed by atoms with Gasteiger partial charge in [-0.1, -0.05) is 6.92 Å². The van der Waals surface area contributed by atoms with Gasteiger partial charge in [0.1, 0.15) is 5.82 Å². The lowest BCUT2D eigenvalue weighted by Gasteiger charge is -2.40. The summed E-state index contributed by atoms with van der Waals surface area (Å²) in [6.07, 6.45) is 1.86. The van der Waals surface area contributed by atoms with Gasteiger partial charge in [-0.25, -0.2) is 4.98 Å². The quantitative estimate of drug-likeness (QED) is 0.831. The molecule has 1 unspecified atom stereocenters. The molecule has 2 heterocycles. The van der Waals surface area contributed by atoms with E-state index in [1.54, 1.807) is 0 Å². The molecule has 1 aromatic heterocycles. The van der Waals surface area contributed by atoms with Crippen LogP contribution in [0.4, 0.5) is 5.82 Å². The van der Waals surface area contributed by atoms with Gasteiger partial charge in [0, 0.05) is 31.9 Å². The molecular weight excluding hydrogens is 266 g/mol. The fraction of sp³-hybridized carbons (Fsp3) is 0.583. The highest BCUT2D eigenvalue weighted by Gasteiger charge is 2.23. The van der Waals surface area contributed by atoms with E-state index in [-0.39, 0.29) is 0 Å². The first kappa shape index (κ1) is 11.9. The number of hydrogen-bond donors (Lipinski definition) is 0. The van der Waals surface area contributed by atoms with Crippen LogP contribution in [0.2, 0.25) is 0 Å². The minimum Gasteiger partial charge on any atom is -0.353 e. The molecule has 2 rings (SSSR count). The van der Waals surface area contributed by atoms with Gasteiger partial charge in [0.2, 0.25) is 0 Å². The van der Waals surface area contributed by atoms with Crippen molar-refractivity contribution in [3.63, 3.8) is 0 Å². The Balaban J connectivity index is 2.11. The van der Waals surface area contributed by atoms with Crippen LogP contribution in [0.25, 0.3) is 0 Å². The topological polar surface area (TPSA) is 19.4 Å². The van der Waals surface area contributed by atoms with Gasteiger partial charge in [0.25, 0.3) is 0 Å². The first-order chi connectivity index (χ1) is 7.72. The number of anilines is 1. The van der Waals surface area contributed by atoms with Crippen LogP contribution < -0.4 is 4.90 Å². The predicted molar refractivity (Wildman–Crippen MR) is 70.9 cm³/mol. The Bertz CT molecular complexity index is 356. The number of rotatable bonds is 2. The Hall–Kier alpha value is -0.610. The maximum absolute atomic E-state index is 4.45. The summed E-state index contributed by atoms with van der Waals surface area (Å²) in [4.78, 5) is 9.32. The average molecular weight is 284 g/mol. The Morgan fingerprint density at radius 2 is 2.31 bits per heavy atom. The Labute approximate surface area is 106 Å². The van der Waals surface area contributed by atoms with Crippen LogP contribution in [0, 0.1) is 0 Å². The summed E-state index contributed by atoms with van der Waals surface area (Å²) in [5, 5.41) is 0. The fourth-order valence-electron chi connectivity index (χ4n) is 2.27. The van der Waals surface area contributed by atoms with E-state index in [9.17, 15) is 0 Å². The van der Waals surface area contributed by atoms with Gasteiger partial charge in [-0.2, -0.15) is 0 Å². The SMILES string of the molecule is CCN1CCN(c2ncccc2Br)CC1C. The second-order valence-corrected chi connectivity index (χ2v) is 5.09. The summed E-state index contributed by atoms with van der Waals surface area (Å²) in [6.45, 7) is 8.89. The van der Waals surface area contributed by atoms with Crippen molar-refractivity contribution in [3.8, 4) is 0 Å². The van der Waals surface area contributed by atoms with E-state index in [0.717, 1.165) is 36.5 Å². The van der Waals surface area contributed by atoms with E-state index in [2.05, 4.69) is 50.6 Å². The third-order valence-corrected chi connectivity index (χ3v) is 3.83. The monoisotopic (exact) mass is 283 g/mol. The molecule has 0 spiro atoms. The summed E-state index contributed by atoms with van der Waals surface area (Å²) >= 11 is 3.57. The zero-order valence-electron chi connectivity index (χ0n) is 9.86. The minimum absolute atomic E-state index is 0.604. The molecule has 0 aliphatic carbocycles. The van der Waals surface area contributed by atoms with Gasteiger partial charge in [0.15, 0.2) is 0 Å². The number of halogens is 1. The molecular formula is C12H18BrN3. The first-order valence-electron chi connectivity index (χ1n) is 5.82. The summed E-state index contributed by atoms with van der Waals surface area (Å²) in [6, 6.07) is 4.62. The number of aromatic nitrogens is 1. The van der Waals surface area contributed by atoms with Crippen LogP contribution in [0.1, 0.15) is 13.8 Å². The molecule has 0 saturated carbocycles. The smallest absolute Gasteiger partial charge is 0.142 e. The molecule has 4 heteroatoms. The fourth-order valence-corrected chi connectivity index (χ4v) is 2.77. The highest BCUT2D eigenvalue weighted by molar-refractivity contribution is 9.10. The summed E-state index contributed by atoms with van der Waals surface area (Å²) in [5.74, 6) is 1.07. The van der Waals surface area contributed by atoms with E-state index in [1.807, 2.05) is 12.3 Å². The Morgan fingerprint density at radius 3 is 2.94 bits per heavy atom. The van der Waals surface area contributed by atoms with E-state index in [0.29, 0.717) is 6.04 Å². The van der Waals surface area contributed by atoms with Crippen molar-refractivity contribution in [2.75, 3.05) is 31.1 Å². The van der Waals surface area contributed by atoms with E-state index in [1.165, 1.54) is 0 Å². The molecule has 1 aromatic rings. The van der Waals surface area contributed by atoms with Crippen molar-refractivity contribution in [2.24, 2.45) is 0 Å². The first-order valence-corrected chi connectivity index (χ1v) is 6.61. The van der Waals surface area contributed by atoms with Crippen molar-refractivity contribution < 1.29 is 0 Å². The third kappa shape index (κ3) is 2.38. The molecule has 1 aliphatic rings. The third-order valence-electron chi connectivity index (χ3n) is 3.21. The minimum atomic E-state index is 0.604. The summed E-state index contributed by atoms with van der Waals surface area (Å²) in [7, 11) is 0. The molecule has 16 heavy (non-hydrogen) atoms. The number of likely N-dealkylation sites (N-methyl/N-ethyl adjacent to an activating group) is 1. The van der Waals surface area contributed by atoms with Crippen molar-refractivity contribution >= 4 is 21.7 Å². The highest BCUT2D eigenvalue weighted by Crippen LogP contribution is 2.25. The molecule has 1 fully saturated rings. The second kappa shape index (κ2) is 5.15. The standard InChI is InChI=1S/C12H18BrN3/c1-3-15-7-8-16(9-10(15)2)12-11(13)5-4-6-14-12/h4-6,10H,3,7-9H2,1-2H3. The number of hydrogen-bond acceptors (Lipinski definition) is 3. The molecule has 0 bridgehead atoms. The highest BCUT2D eigenvalue weighted by atomic mass is 79.9. The van der Waals surface area contributed by atoms with Crippen molar-refractivity contribution in [1.29, 1.82) is 0 Å². The zero-order valence-corrected chi connectivity index (χ0v) is 11.4. The molecule has 1 aliphatic heterocycles. The van der Waals surface area contributed by atoms with Gasteiger partial charge < -0.3 is 4.90 Å². The van der Waals surface area contributed by atoms with Gasteiger partial charge in [-0.15, -0.1) is 0 Å². The van der Waals surface area contributed by atoms with Gasteiger partial charge in [-0.3, -0.25) is 4.90 Å². The van der Waals surface area contributed by atoms with Crippen LogP contribution >= 0.6 is 15.9 Å². The van der Waals surface area contributed by atoms with Crippen LogP contribution in [0.15, 0.2) is 22.8 Å². The molecule has 0 aromatic carbocycles. The Kier molecular flexibility index (Phi) is 3.82. The van der Waals surface area contributed by atoms with Crippen molar-refractivity contribution in [1.82, 2.24) is 9.88 Å². The summed E-state index contributed by atoms with van der Waals surface area (Å²) in [5.41, 5.74) is 0. The predicted octanol–water partition coefficient (Wildman–Crippen LogP) is 2.37. The Morgan fingerprint density at radius 1 is 1.50 bits per heavy atom. The lowest BCUT2D eigenvalue weighted by atomic mass is 10.2. The molecule has 0 radical (unpaired) electrons. The average Bonchev–Trinajstić information content (AvgIpc) is 2.29. The van der Waals surface area contributed by atoms with E-state index < -0.39 is 0 Å². The molecule has 0 amide bonds. The normalized spacial score (nSPS) is 22.4. The largest absolute Gasteiger partial charge is 0.353 e. The van der Waals surface area contributed by atoms with Gasteiger partial charge >= 0.3 is 0 Å². The van der Waals surface area contributed by atoms with E-state index >= 15 is 0 Å². The van der Waals surface area contributed by atoms with Crippen LogP contribution in [0.3, 0.4) is 0 Å². The number of pyridine rings is 1. The second-order valence-electron chi connectivity index (χ2n) is 4.23. The lowest BCUT2D eigenvalue weighted by molar-refractivity contribution is 0.199. The maximum atomic E-state index is 4.45. The van der Waals surface area contributed by atoms with Crippen LogP contribution in [0.5, 0.6) is 0 Å². The molecule has 88 valence electrons. The maximum Gasteiger partial charge on any atom is 0.142 e. The molecule has 1 atom stereocenters. The molecule has 3 nitrogen and oxygen atoms in total. The van der Waals surface area contributed by atoms with Crippen LogP contribution in [-0.2, 0) is 0 Å². The number of piperazine rings is 1. The number of nitrogens with zero attached hydrogens (tertiary/aromatic N) is 3. The lowest BCUT2D eigenvalue weighted by Crippen LogP contribution is -2.52. The summed E-state index contributed by atoms with van der Waals surface area (Å²) < 4.78 is 1.09. The molecule has 0 N–H and O–H groups in total. The van der Waals surface area contributed by atoms with Crippen molar-refractivity contribution in [3.05, 3.63) is 22.8 Å². The van der Waals surface area contributed by atoms with Gasteiger partial charge in [-0.05, 0) is 41.5 Å². The van der Waals surface area contributed by atoms with Crippen molar-refractivity contribution in [2.45, 2.75) is 19.9 Å². The zero-order chi connectivity index (χ0) is 11.5.